The van der Waals surface area contributed by atoms with E-state index in [0.717, 1.165) is 37.1 Å². The second-order valence-corrected chi connectivity index (χ2v) is 11.2. The predicted molar refractivity (Wildman–Crippen MR) is 137 cm³/mol. The fourth-order valence-corrected chi connectivity index (χ4v) is 5.00. The smallest absolute Gasteiger partial charge is 0.241 e. The summed E-state index contributed by atoms with van der Waals surface area (Å²) < 4.78 is 39.4. The molecule has 37 heavy (non-hydrogen) atoms. The summed E-state index contributed by atoms with van der Waals surface area (Å²) >= 11 is 0. The van der Waals surface area contributed by atoms with Crippen molar-refractivity contribution in [1.82, 2.24) is 20.4 Å². The number of hydrogen-bond acceptors (Lipinski definition) is 9. The van der Waals surface area contributed by atoms with Crippen LogP contribution in [0.3, 0.4) is 0 Å². The molecular formula is C26H32N4O6S. The highest BCUT2D eigenvalue weighted by molar-refractivity contribution is 7.90. The van der Waals surface area contributed by atoms with E-state index in [1.165, 1.54) is 6.26 Å². The van der Waals surface area contributed by atoms with Crippen LogP contribution < -0.4 is 14.8 Å². The zero-order valence-electron chi connectivity index (χ0n) is 21.4. The summed E-state index contributed by atoms with van der Waals surface area (Å²) in [5.41, 5.74) is 1.63. The fraction of sp³-hybridized carbons (Fsp3) is 0.423. The predicted octanol–water partition coefficient (Wildman–Crippen LogP) is 3.25. The van der Waals surface area contributed by atoms with Gasteiger partial charge in [0.25, 0.3) is 0 Å². The van der Waals surface area contributed by atoms with E-state index >= 15 is 0 Å². The highest BCUT2D eigenvalue weighted by Crippen LogP contribution is 2.31. The van der Waals surface area contributed by atoms with Crippen molar-refractivity contribution in [2.24, 2.45) is 5.92 Å². The summed E-state index contributed by atoms with van der Waals surface area (Å²) in [6, 6.07) is 11.9. The average molecular weight is 529 g/mol. The Morgan fingerprint density at radius 2 is 1.78 bits per heavy atom. The number of benzene rings is 2. The zero-order chi connectivity index (χ0) is 26.6. The minimum absolute atomic E-state index is 0.00729. The second-order valence-electron chi connectivity index (χ2n) is 9.20. The third-order valence-electron chi connectivity index (χ3n) is 6.59. The van der Waals surface area contributed by atoms with E-state index in [2.05, 4.69) is 20.4 Å². The van der Waals surface area contributed by atoms with Crippen molar-refractivity contribution in [2.75, 3.05) is 33.6 Å². The molecule has 0 spiro atoms. The summed E-state index contributed by atoms with van der Waals surface area (Å²) in [7, 11) is -0.0913. The van der Waals surface area contributed by atoms with Crippen LogP contribution in [0.2, 0.25) is 0 Å². The minimum atomic E-state index is -3.25. The van der Waals surface area contributed by atoms with Gasteiger partial charge < -0.3 is 19.3 Å². The van der Waals surface area contributed by atoms with Gasteiger partial charge in [0.15, 0.2) is 21.3 Å². The summed E-state index contributed by atoms with van der Waals surface area (Å²) in [6.45, 7) is 3.89. The maximum atomic E-state index is 12.8. The molecule has 4 rings (SSSR count). The normalized spacial score (nSPS) is 15.8. The molecule has 1 unspecified atom stereocenters. The molecule has 0 radical (unpaired) electrons. The van der Waals surface area contributed by atoms with E-state index in [1.54, 1.807) is 50.6 Å². The minimum Gasteiger partial charge on any atom is -0.493 e. The Kier molecular flexibility index (Phi) is 8.13. The Hall–Kier alpha value is -3.44. The van der Waals surface area contributed by atoms with Crippen molar-refractivity contribution in [2.45, 2.75) is 37.2 Å². The van der Waals surface area contributed by atoms with Gasteiger partial charge in [-0.25, -0.2) is 8.42 Å². The summed E-state index contributed by atoms with van der Waals surface area (Å²) in [6.07, 6.45) is 2.62. The molecule has 198 valence electrons. The molecule has 1 amide bonds. The molecule has 1 aliphatic heterocycles. The molecule has 3 aromatic rings. The molecule has 1 fully saturated rings. The molecule has 0 aliphatic carbocycles. The molecular weight excluding hydrogens is 496 g/mol. The summed E-state index contributed by atoms with van der Waals surface area (Å²) in [5, 5.41) is 7.16. The van der Waals surface area contributed by atoms with Gasteiger partial charge in [0, 0.05) is 17.7 Å². The van der Waals surface area contributed by atoms with Crippen molar-refractivity contribution < 1.29 is 27.2 Å². The standard InChI is InChI=1S/C26H32N4O6S/c1-17(18-5-8-21(9-6-18)37(4,32)33)27-26(31)19-11-13-30(14-12-19)16-24-28-25(29-36-24)20-7-10-22(34-2)23(15-20)35-3/h5-10,15,17,19H,11-14,16H2,1-4H3,(H,27,31). The molecule has 0 saturated carbocycles. The van der Waals surface area contributed by atoms with Gasteiger partial charge in [0.05, 0.1) is 31.7 Å². The lowest BCUT2D eigenvalue weighted by molar-refractivity contribution is -0.127. The first kappa shape index (κ1) is 26.6. The lowest BCUT2D eigenvalue weighted by atomic mass is 9.95. The van der Waals surface area contributed by atoms with Crippen LogP contribution in [0.15, 0.2) is 51.9 Å². The third-order valence-corrected chi connectivity index (χ3v) is 7.72. The van der Waals surface area contributed by atoms with Gasteiger partial charge in [-0.05, 0) is 68.8 Å². The molecule has 2 heterocycles. The highest BCUT2D eigenvalue weighted by Gasteiger charge is 2.27. The van der Waals surface area contributed by atoms with Crippen molar-refractivity contribution in [3.05, 3.63) is 53.9 Å². The number of ether oxygens (including phenoxy) is 2. The van der Waals surface area contributed by atoms with Crippen LogP contribution in [-0.4, -0.2) is 62.9 Å². The number of methoxy groups -OCH3 is 2. The van der Waals surface area contributed by atoms with Crippen LogP contribution in [0.1, 0.15) is 37.3 Å². The van der Waals surface area contributed by atoms with Gasteiger partial charge in [-0.2, -0.15) is 4.98 Å². The Morgan fingerprint density at radius 1 is 1.11 bits per heavy atom. The van der Waals surface area contributed by atoms with E-state index in [1.807, 2.05) is 13.0 Å². The van der Waals surface area contributed by atoms with Crippen LogP contribution in [0, 0.1) is 5.92 Å². The molecule has 11 heteroatoms. The molecule has 1 saturated heterocycles. The van der Waals surface area contributed by atoms with Crippen LogP contribution >= 0.6 is 0 Å². The quantitative estimate of drug-likeness (QED) is 0.446. The van der Waals surface area contributed by atoms with Gasteiger partial charge >= 0.3 is 0 Å². The number of carbonyl (C=O) groups is 1. The lowest BCUT2D eigenvalue weighted by Crippen LogP contribution is -2.40. The number of carbonyl (C=O) groups excluding carboxylic acids is 1. The number of likely N-dealkylation sites (tertiary alicyclic amines) is 1. The van der Waals surface area contributed by atoms with Crippen LogP contribution in [0.25, 0.3) is 11.4 Å². The van der Waals surface area contributed by atoms with Crippen molar-refractivity contribution in [3.8, 4) is 22.9 Å². The number of amides is 1. The number of hydrogen-bond donors (Lipinski definition) is 1. The van der Waals surface area contributed by atoms with E-state index in [-0.39, 0.29) is 22.8 Å². The van der Waals surface area contributed by atoms with Crippen molar-refractivity contribution in [3.63, 3.8) is 0 Å². The van der Waals surface area contributed by atoms with E-state index in [9.17, 15) is 13.2 Å². The Balaban J connectivity index is 1.28. The monoisotopic (exact) mass is 528 g/mol. The third kappa shape index (κ3) is 6.47. The van der Waals surface area contributed by atoms with Gasteiger partial charge in [-0.3, -0.25) is 9.69 Å². The van der Waals surface area contributed by atoms with Crippen LogP contribution in [0.4, 0.5) is 0 Å². The van der Waals surface area contributed by atoms with Gasteiger partial charge in [-0.15, -0.1) is 0 Å². The van der Waals surface area contributed by atoms with Gasteiger partial charge in [-0.1, -0.05) is 17.3 Å². The maximum Gasteiger partial charge on any atom is 0.241 e. The number of piperidine rings is 1. The van der Waals surface area contributed by atoms with Crippen molar-refractivity contribution in [1.29, 1.82) is 0 Å². The van der Waals surface area contributed by atoms with Crippen molar-refractivity contribution >= 4 is 15.7 Å². The Morgan fingerprint density at radius 3 is 2.41 bits per heavy atom. The first-order chi connectivity index (χ1) is 17.7. The number of sulfone groups is 1. The Labute approximate surface area is 216 Å². The van der Waals surface area contributed by atoms with Crippen LogP contribution in [-0.2, 0) is 21.2 Å². The highest BCUT2D eigenvalue weighted by atomic mass is 32.2. The average Bonchev–Trinajstić information content (AvgIpc) is 3.36. The summed E-state index contributed by atoms with van der Waals surface area (Å²) in [4.78, 5) is 19.8. The first-order valence-corrected chi connectivity index (χ1v) is 13.9. The lowest BCUT2D eigenvalue weighted by Gasteiger charge is -2.30. The topological polar surface area (TPSA) is 124 Å². The number of nitrogens with one attached hydrogen (secondary N) is 1. The Bertz CT molecular complexity index is 1330. The molecule has 1 aromatic heterocycles. The first-order valence-electron chi connectivity index (χ1n) is 12.1. The number of nitrogens with zero attached hydrogens (tertiary/aromatic N) is 3. The molecule has 1 N–H and O–H groups in total. The van der Waals surface area contributed by atoms with Gasteiger partial charge in [0.1, 0.15) is 0 Å². The molecule has 1 atom stereocenters. The fourth-order valence-electron chi connectivity index (χ4n) is 4.37. The van der Waals surface area contributed by atoms with Crippen LogP contribution in [0.5, 0.6) is 11.5 Å². The zero-order valence-corrected chi connectivity index (χ0v) is 22.2. The van der Waals surface area contributed by atoms with Gasteiger partial charge in [0.2, 0.25) is 17.6 Å². The van der Waals surface area contributed by atoms with E-state index < -0.39 is 9.84 Å². The largest absolute Gasteiger partial charge is 0.493 e. The number of rotatable bonds is 9. The maximum absolute atomic E-state index is 12.8. The molecule has 2 aromatic carbocycles. The summed E-state index contributed by atoms with van der Waals surface area (Å²) in [5.74, 6) is 2.13. The molecule has 10 nitrogen and oxygen atoms in total. The molecule has 0 bridgehead atoms. The number of aromatic nitrogens is 2. The van der Waals surface area contributed by atoms with E-state index in [4.69, 9.17) is 14.0 Å². The van der Waals surface area contributed by atoms with E-state index in [0.29, 0.717) is 29.8 Å². The SMILES string of the molecule is COc1ccc(-c2noc(CN3CCC(C(=O)NC(C)c4ccc(S(C)(=O)=O)cc4)CC3)n2)cc1OC. The second kappa shape index (κ2) is 11.3. The molecule has 1 aliphatic rings.